The molecule has 0 aromatic heterocycles. The van der Waals surface area contributed by atoms with Gasteiger partial charge >= 0.3 is 12.0 Å². The van der Waals surface area contributed by atoms with E-state index in [0.29, 0.717) is 32.2 Å². The Balaban J connectivity index is 2.53. The fraction of sp³-hybridized carbons (Fsp3) is 0.833. The Morgan fingerprint density at radius 1 is 1.37 bits per heavy atom. The van der Waals surface area contributed by atoms with Crippen LogP contribution in [0, 0.1) is 5.92 Å². The molecule has 0 radical (unpaired) electrons. The average Bonchev–Trinajstić information content (AvgIpc) is 2.82. The predicted octanol–water partition coefficient (Wildman–Crippen LogP) is 0.108. The second kappa shape index (κ2) is 7.96. The molecule has 1 aliphatic heterocycles. The molecule has 1 saturated heterocycles. The number of nitrogens with zero attached hydrogens (tertiary/aromatic N) is 2. The van der Waals surface area contributed by atoms with Gasteiger partial charge in [0.15, 0.2) is 0 Å². The van der Waals surface area contributed by atoms with E-state index in [9.17, 15) is 9.59 Å². The van der Waals surface area contributed by atoms with E-state index in [2.05, 4.69) is 0 Å². The molecule has 0 saturated carbocycles. The third-order valence-electron chi connectivity index (χ3n) is 3.12. The molecule has 1 aliphatic rings. The third kappa shape index (κ3) is 5.04. The standard InChI is InChI=1S/C12H22N2O5/c1-18-6-5-14(8-11(15)16)12(17)13-4-3-10(7-13)9-19-2/h10H,3-9H2,1-2H3,(H,15,16). The number of carboxylic acids is 1. The zero-order valence-electron chi connectivity index (χ0n) is 11.5. The largest absolute Gasteiger partial charge is 0.480 e. The number of rotatable bonds is 7. The zero-order valence-corrected chi connectivity index (χ0v) is 11.5. The number of carboxylic acid groups (broad SMARTS) is 1. The summed E-state index contributed by atoms with van der Waals surface area (Å²) in [5, 5.41) is 8.84. The van der Waals surface area contributed by atoms with Gasteiger partial charge in [-0.25, -0.2) is 4.79 Å². The first-order valence-corrected chi connectivity index (χ1v) is 6.32. The Hall–Kier alpha value is -1.34. The molecule has 2 amide bonds. The van der Waals surface area contributed by atoms with Crippen LogP contribution in [0.3, 0.4) is 0 Å². The van der Waals surface area contributed by atoms with Gasteiger partial charge in [0, 0.05) is 39.8 Å². The van der Waals surface area contributed by atoms with Crippen molar-refractivity contribution in [2.75, 3.05) is 53.6 Å². The number of carbonyl (C=O) groups is 2. The van der Waals surface area contributed by atoms with Gasteiger partial charge in [-0.05, 0) is 6.42 Å². The van der Waals surface area contributed by atoms with Gasteiger partial charge in [0.2, 0.25) is 0 Å². The normalized spacial score (nSPS) is 18.6. The number of hydrogen-bond donors (Lipinski definition) is 1. The third-order valence-corrected chi connectivity index (χ3v) is 3.12. The molecule has 0 aromatic carbocycles. The molecule has 7 nitrogen and oxygen atoms in total. The number of methoxy groups -OCH3 is 2. The number of likely N-dealkylation sites (tertiary alicyclic amines) is 1. The van der Waals surface area contributed by atoms with Gasteiger partial charge < -0.3 is 24.4 Å². The lowest BCUT2D eigenvalue weighted by molar-refractivity contribution is -0.137. The van der Waals surface area contributed by atoms with E-state index >= 15 is 0 Å². The quantitative estimate of drug-likeness (QED) is 0.712. The number of urea groups is 1. The summed E-state index contributed by atoms with van der Waals surface area (Å²) in [6.45, 7) is 2.21. The summed E-state index contributed by atoms with van der Waals surface area (Å²) in [5.74, 6) is -0.680. The monoisotopic (exact) mass is 274 g/mol. The minimum absolute atomic E-state index is 0.238. The first-order chi connectivity index (χ1) is 9.08. The van der Waals surface area contributed by atoms with E-state index in [1.165, 1.54) is 12.0 Å². The molecule has 1 fully saturated rings. The Morgan fingerprint density at radius 3 is 2.68 bits per heavy atom. The van der Waals surface area contributed by atoms with E-state index in [1.54, 1.807) is 12.0 Å². The lowest BCUT2D eigenvalue weighted by atomic mass is 10.1. The minimum atomic E-state index is -1.02. The molecule has 1 heterocycles. The van der Waals surface area contributed by atoms with E-state index < -0.39 is 5.97 Å². The van der Waals surface area contributed by atoms with Crippen LogP contribution in [0.4, 0.5) is 4.79 Å². The van der Waals surface area contributed by atoms with Gasteiger partial charge in [0.25, 0.3) is 0 Å². The highest BCUT2D eigenvalue weighted by molar-refractivity contribution is 5.80. The summed E-state index contributed by atoms with van der Waals surface area (Å²) < 4.78 is 9.98. The van der Waals surface area contributed by atoms with Crippen LogP contribution in [0.5, 0.6) is 0 Å². The molecular weight excluding hydrogens is 252 g/mol. The predicted molar refractivity (Wildman–Crippen MR) is 68.0 cm³/mol. The SMILES string of the molecule is COCCN(CC(=O)O)C(=O)N1CCC(COC)C1. The van der Waals surface area contributed by atoms with Gasteiger partial charge in [-0.1, -0.05) is 0 Å². The van der Waals surface area contributed by atoms with E-state index in [-0.39, 0.29) is 19.1 Å². The molecule has 1 atom stereocenters. The zero-order chi connectivity index (χ0) is 14.3. The second-order valence-corrected chi connectivity index (χ2v) is 4.65. The smallest absolute Gasteiger partial charge is 0.323 e. The lowest BCUT2D eigenvalue weighted by Gasteiger charge is -2.26. The van der Waals surface area contributed by atoms with Crippen molar-refractivity contribution < 1.29 is 24.2 Å². The maximum Gasteiger partial charge on any atom is 0.323 e. The van der Waals surface area contributed by atoms with Crippen molar-refractivity contribution in [2.24, 2.45) is 5.92 Å². The van der Waals surface area contributed by atoms with Crippen LogP contribution >= 0.6 is 0 Å². The Bertz CT molecular complexity index is 310. The highest BCUT2D eigenvalue weighted by atomic mass is 16.5. The summed E-state index contributed by atoms with van der Waals surface area (Å²) >= 11 is 0. The highest BCUT2D eigenvalue weighted by Gasteiger charge is 2.29. The Kier molecular flexibility index (Phi) is 6.58. The van der Waals surface area contributed by atoms with Crippen LogP contribution in [-0.4, -0.2) is 80.5 Å². The van der Waals surface area contributed by atoms with Crippen molar-refractivity contribution in [3.05, 3.63) is 0 Å². The van der Waals surface area contributed by atoms with Crippen LogP contribution in [-0.2, 0) is 14.3 Å². The van der Waals surface area contributed by atoms with Crippen molar-refractivity contribution in [3.63, 3.8) is 0 Å². The number of ether oxygens (including phenoxy) is 2. The molecule has 19 heavy (non-hydrogen) atoms. The molecule has 1 N–H and O–H groups in total. The fourth-order valence-electron chi connectivity index (χ4n) is 2.19. The van der Waals surface area contributed by atoms with E-state index in [1.807, 2.05) is 0 Å². The second-order valence-electron chi connectivity index (χ2n) is 4.65. The molecule has 1 unspecified atom stereocenters. The minimum Gasteiger partial charge on any atom is -0.480 e. The van der Waals surface area contributed by atoms with E-state index in [4.69, 9.17) is 14.6 Å². The van der Waals surface area contributed by atoms with Crippen molar-refractivity contribution in [1.29, 1.82) is 0 Å². The first kappa shape index (κ1) is 15.7. The van der Waals surface area contributed by atoms with Gasteiger partial charge in [-0.3, -0.25) is 4.79 Å². The Labute approximate surface area is 113 Å². The molecule has 0 bridgehead atoms. The number of aliphatic carboxylic acids is 1. The summed E-state index contributed by atoms with van der Waals surface area (Å²) in [7, 11) is 3.16. The van der Waals surface area contributed by atoms with Crippen molar-refractivity contribution >= 4 is 12.0 Å². The number of carbonyl (C=O) groups excluding carboxylic acids is 1. The summed E-state index contributed by atoms with van der Waals surface area (Å²) in [6.07, 6.45) is 0.894. The van der Waals surface area contributed by atoms with Gasteiger partial charge in [-0.15, -0.1) is 0 Å². The van der Waals surface area contributed by atoms with Gasteiger partial charge in [-0.2, -0.15) is 0 Å². The van der Waals surface area contributed by atoms with Crippen LogP contribution in [0.15, 0.2) is 0 Å². The molecule has 110 valence electrons. The van der Waals surface area contributed by atoms with Crippen LogP contribution in [0.25, 0.3) is 0 Å². The van der Waals surface area contributed by atoms with Crippen molar-refractivity contribution in [3.8, 4) is 0 Å². The average molecular weight is 274 g/mol. The van der Waals surface area contributed by atoms with Crippen LogP contribution < -0.4 is 0 Å². The maximum absolute atomic E-state index is 12.2. The molecule has 0 aliphatic carbocycles. The van der Waals surface area contributed by atoms with Crippen LogP contribution in [0.2, 0.25) is 0 Å². The molecule has 0 spiro atoms. The number of amides is 2. The summed E-state index contributed by atoms with van der Waals surface area (Å²) in [4.78, 5) is 26.0. The fourth-order valence-corrected chi connectivity index (χ4v) is 2.19. The summed E-state index contributed by atoms with van der Waals surface area (Å²) in [6, 6.07) is -0.238. The molecule has 7 heteroatoms. The number of hydrogen-bond acceptors (Lipinski definition) is 4. The lowest BCUT2D eigenvalue weighted by Crippen LogP contribution is -2.45. The van der Waals surface area contributed by atoms with Crippen molar-refractivity contribution in [1.82, 2.24) is 9.80 Å². The molecule has 0 aromatic rings. The van der Waals surface area contributed by atoms with Gasteiger partial charge in [0.05, 0.1) is 13.2 Å². The molecule has 1 rings (SSSR count). The highest BCUT2D eigenvalue weighted by Crippen LogP contribution is 2.17. The van der Waals surface area contributed by atoms with E-state index in [0.717, 1.165) is 6.42 Å². The first-order valence-electron chi connectivity index (χ1n) is 6.32. The summed E-state index contributed by atoms with van der Waals surface area (Å²) in [5.41, 5.74) is 0. The van der Waals surface area contributed by atoms with Crippen LogP contribution in [0.1, 0.15) is 6.42 Å². The topological polar surface area (TPSA) is 79.3 Å². The van der Waals surface area contributed by atoms with Crippen molar-refractivity contribution in [2.45, 2.75) is 6.42 Å². The Morgan fingerprint density at radius 2 is 2.11 bits per heavy atom. The van der Waals surface area contributed by atoms with Gasteiger partial charge in [0.1, 0.15) is 6.54 Å². The maximum atomic E-state index is 12.2. The molecular formula is C12H22N2O5.